The molecule has 0 radical (unpaired) electrons. The third-order valence-corrected chi connectivity index (χ3v) is 2.28. The van der Waals surface area contributed by atoms with E-state index in [1.165, 1.54) is 6.92 Å². The standard InChI is InChI=1S/C10H8ClF3/c1-7(9(11)10(12,13)14)8-5-3-2-4-6-8/h2-6H,1H3/b9-7-. The highest BCUT2D eigenvalue weighted by Crippen LogP contribution is 2.34. The summed E-state index contributed by atoms with van der Waals surface area (Å²) in [5, 5.41) is -1.07. The molecular weight excluding hydrogens is 213 g/mol. The first-order chi connectivity index (χ1) is 6.43. The summed E-state index contributed by atoms with van der Waals surface area (Å²) in [7, 11) is 0. The molecule has 1 aromatic rings. The summed E-state index contributed by atoms with van der Waals surface area (Å²) in [4.78, 5) is 0. The third-order valence-electron chi connectivity index (χ3n) is 1.78. The molecule has 0 aromatic heterocycles. The van der Waals surface area contributed by atoms with E-state index in [2.05, 4.69) is 0 Å². The molecule has 0 atom stereocenters. The van der Waals surface area contributed by atoms with E-state index in [1.807, 2.05) is 0 Å². The second kappa shape index (κ2) is 4.05. The van der Waals surface area contributed by atoms with Crippen LogP contribution in [0.4, 0.5) is 13.2 Å². The van der Waals surface area contributed by atoms with Crippen LogP contribution in [0, 0.1) is 0 Å². The van der Waals surface area contributed by atoms with Crippen LogP contribution >= 0.6 is 11.6 Å². The van der Waals surface area contributed by atoms with Gasteiger partial charge in [0.05, 0.1) is 0 Å². The van der Waals surface area contributed by atoms with E-state index in [0.29, 0.717) is 5.56 Å². The fourth-order valence-corrected chi connectivity index (χ4v) is 1.14. The molecule has 4 heteroatoms. The molecule has 0 aliphatic heterocycles. The molecule has 1 aromatic carbocycles. The molecule has 0 saturated heterocycles. The van der Waals surface area contributed by atoms with Crippen molar-refractivity contribution in [3.63, 3.8) is 0 Å². The highest BCUT2D eigenvalue weighted by Gasteiger charge is 2.34. The molecule has 0 fully saturated rings. The molecule has 0 aliphatic rings. The monoisotopic (exact) mass is 220 g/mol. The molecule has 0 spiro atoms. The highest BCUT2D eigenvalue weighted by molar-refractivity contribution is 6.33. The zero-order valence-electron chi connectivity index (χ0n) is 7.40. The molecule has 0 unspecified atom stereocenters. The Morgan fingerprint density at radius 1 is 1.14 bits per heavy atom. The number of benzene rings is 1. The lowest BCUT2D eigenvalue weighted by atomic mass is 10.1. The van der Waals surface area contributed by atoms with Crippen LogP contribution in [0.25, 0.3) is 5.57 Å². The molecule has 0 amide bonds. The van der Waals surface area contributed by atoms with Gasteiger partial charge in [-0.15, -0.1) is 0 Å². The smallest absolute Gasteiger partial charge is 0.165 e. The van der Waals surface area contributed by atoms with Gasteiger partial charge in [-0.1, -0.05) is 41.9 Å². The first-order valence-corrected chi connectivity index (χ1v) is 4.29. The van der Waals surface area contributed by atoms with Crippen molar-refractivity contribution in [2.75, 3.05) is 0 Å². The minimum Gasteiger partial charge on any atom is -0.165 e. The topological polar surface area (TPSA) is 0 Å². The minimum atomic E-state index is -4.47. The molecule has 0 aliphatic carbocycles. The van der Waals surface area contributed by atoms with Gasteiger partial charge < -0.3 is 0 Å². The van der Waals surface area contributed by atoms with Gasteiger partial charge in [0.15, 0.2) is 0 Å². The Bertz CT molecular complexity index is 338. The van der Waals surface area contributed by atoms with Gasteiger partial charge >= 0.3 is 6.18 Å². The summed E-state index contributed by atoms with van der Waals surface area (Å²) in [6.45, 7) is 1.35. The molecule has 0 heterocycles. The van der Waals surface area contributed by atoms with Crippen molar-refractivity contribution in [3.05, 3.63) is 40.9 Å². The van der Waals surface area contributed by atoms with Crippen LogP contribution in [0.1, 0.15) is 12.5 Å². The second-order valence-corrected chi connectivity index (χ2v) is 3.18. The molecule has 0 saturated carbocycles. The maximum atomic E-state index is 12.2. The lowest BCUT2D eigenvalue weighted by Gasteiger charge is -2.09. The van der Waals surface area contributed by atoms with Crippen LogP contribution in [0.5, 0.6) is 0 Å². The van der Waals surface area contributed by atoms with Crippen molar-refractivity contribution in [1.29, 1.82) is 0 Å². The predicted molar refractivity (Wildman–Crippen MR) is 50.9 cm³/mol. The summed E-state index contributed by atoms with van der Waals surface area (Å²) in [5.74, 6) is 0. The first-order valence-electron chi connectivity index (χ1n) is 3.92. The Morgan fingerprint density at radius 2 is 1.64 bits per heavy atom. The molecule has 76 valence electrons. The van der Waals surface area contributed by atoms with Crippen LogP contribution in [-0.4, -0.2) is 6.18 Å². The van der Waals surface area contributed by atoms with Crippen molar-refractivity contribution >= 4 is 17.2 Å². The van der Waals surface area contributed by atoms with Gasteiger partial charge in [-0.2, -0.15) is 13.2 Å². The maximum absolute atomic E-state index is 12.2. The lowest BCUT2D eigenvalue weighted by Crippen LogP contribution is -2.08. The van der Waals surface area contributed by atoms with E-state index in [9.17, 15) is 13.2 Å². The summed E-state index contributed by atoms with van der Waals surface area (Å²) in [5.41, 5.74) is 0.523. The number of allylic oxidation sites excluding steroid dienone is 2. The van der Waals surface area contributed by atoms with Crippen molar-refractivity contribution in [1.82, 2.24) is 0 Å². The molecule has 14 heavy (non-hydrogen) atoms. The molecule has 0 nitrogen and oxygen atoms in total. The Balaban J connectivity index is 3.12. The average molecular weight is 221 g/mol. The quantitative estimate of drug-likeness (QED) is 0.665. The lowest BCUT2D eigenvalue weighted by molar-refractivity contribution is -0.0840. The number of halogens is 4. The van der Waals surface area contributed by atoms with Crippen molar-refractivity contribution in [2.24, 2.45) is 0 Å². The van der Waals surface area contributed by atoms with Crippen LogP contribution in [-0.2, 0) is 0 Å². The summed E-state index contributed by atoms with van der Waals surface area (Å²) in [6.07, 6.45) is -4.47. The van der Waals surface area contributed by atoms with Gasteiger partial charge in [0.25, 0.3) is 0 Å². The molecule has 0 N–H and O–H groups in total. The van der Waals surface area contributed by atoms with Crippen LogP contribution in [0.15, 0.2) is 35.4 Å². The number of rotatable bonds is 1. The van der Waals surface area contributed by atoms with Gasteiger partial charge in [0.2, 0.25) is 0 Å². The highest BCUT2D eigenvalue weighted by atomic mass is 35.5. The average Bonchev–Trinajstić information content (AvgIpc) is 2.15. The normalized spacial score (nSPS) is 13.8. The largest absolute Gasteiger partial charge is 0.427 e. The zero-order valence-corrected chi connectivity index (χ0v) is 8.15. The number of hydrogen-bond acceptors (Lipinski definition) is 0. The fraction of sp³-hybridized carbons (Fsp3) is 0.200. The second-order valence-electron chi connectivity index (χ2n) is 2.80. The Kier molecular flexibility index (Phi) is 3.21. The Morgan fingerprint density at radius 3 is 2.07 bits per heavy atom. The number of alkyl halides is 3. The molecule has 0 bridgehead atoms. The van der Waals surface area contributed by atoms with Gasteiger partial charge in [-0.25, -0.2) is 0 Å². The van der Waals surface area contributed by atoms with Gasteiger partial charge in [-0.05, 0) is 18.1 Å². The van der Waals surface area contributed by atoms with E-state index >= 15 is 0 Å². The van der Waals surface area contributed by atoms with Crippen molar-refractivity contribution in [2.45, 2.75) is 13.1 Å². The van der Waals surface area contributed by atoms with E-state index < -0.39 is 11.2 Å². The van der Waals surface area contributed by atoms with Gasteiger partial charge in [-0.3, -0.25) is 0 Å². The molecular formula is C10H8ClF3. The molecule has 1 rings (SSSR count). The summed E-state index contributed by atoms with van der Waals surface area (Å²) < 4.78 is 36.6. The fourth-order valence-electron chi connectivity index (χ4n) is 1.03. The first kappa shape index (κ1) is 11.1. The number of hydrogen-bond donors (Lipinski definition) is 0. The summed E-state index contributed by atoms with van der Waals surface area (Å²) >= 11 is 5.20. The Hall–Kier alpha value is -0.960. The van der Waals surface area contributed by atoms with E-state index in [4.69, 9.17) is 11.6 Å². The third kappa shape index (κ3) is 2.51. The maximum Gasteiger partial charge on any atom is 0.427 e. The predicted octanol–water partition coefficient (Wildman–Crippen LogP) is 4.22. The van der Waals surface area contributed by atoms with E-state index in [0.717, 1.165) is 0 Å². The van der Waals surface area contributed by atoms with Gasteiger partial charge in [0, 0.05) is 0 Å². The van der Waals surface area contributed by atoms with E-state index in [-0.39, 0.29) is 5.57 Å². The van der Waals surface area contributed by atoms with Crippen LogP contribution < -0.4 is 0 Å². The van der Waals surface area contributed by atoms with Crippen molar-refractivity contribution < 1.29 is 13.2 Å². The Labute approximate surface area is 85.0 Å². The van der Waals surface area contributed by atoms with Gasteiger partial charge in [0.1, 0.15) is 5.03 Å². The van der Waals surface area contributed by atoms with Crippen molar-refractivity contribution in [3.8, 4) is 0 Å². The minimum absolute atomic E-state index is 0.0415. The summed E-state index contributed by atoms with van der Waals surface area (Å²) in [6, 6.07) is 8.24. The van der Waals surface area contributed by atoms with E-state index in [1.54, 1.807) is 30.3 Å². The zero-order chi connectivity index (χ0) is 10.8. The SMILES string of the molecule is C/C(=C(/Cl)C(F)(F)F)c1ccccc1. The van der Waals surface area contributed by atoms with Crippen LogP contribution in [0.3, 0.4) is 0 Å². The van der Waals surface area contributed by atoms with Crippen LogP contribution in [0.2, 0.25) is 0 Å².